The fourth-order valence-electron chi connectivity index (χ4n) is 5.26. The van der Waals surface area contributed by atoms with Crippen molar-refractivity contribution in [3.63, 3.8) is 0 Å². The number of imide groups is 1. The summed E-state index contributed by atoms with van der Waals surface area (Å²) in [6.07, 6.45) is 0.685. The number of hydrogen-bond donors (Lipinski definition) is 2. The number of aromatic nitrogens is 2. The number of aryl methyl sites for hydroxylation is 1. The van der Waals surface area contributed by atoms with Gasteiger partial charge in [0.1, 0.15) is 11.3 Å². The van der Waals surface area contributed by atoms with Crippen molar-refractivity contribution in [2.45, 2.75) is 25.3 Å². The molecule has 2 fully saturated rings. The van der Waals surface area contributed by atoms with Crippen LogP contribution in [-0.2, 0) is 4.79 Å². The largest absolute Gasteiger partial charge is 0.495 e. The Kier molecular flexibility index (Phi) is 5.70. The SMILES string of the molecule is COc1ccccc1N1C(=O)NC(=O)C12CCN(c1nc(=O)c3c(C)c(OC)c(OC)cc3[nH]1)CC2. The Morgan fingerprint density at radius 2 is 1.67 bits per heavy atom. The van der Waals surface area contributed by atoms with E-state index in [0.717, 1.165) is 0 Å². The average molecular weight is 494 g/mol. The summed E-state index contributed by atoms with van der Waals surface area (Å²) in [5.74, 6) is 1.54. The molecule has 3 heterocycles. The Labute approximate surface area is 207 Å². The van der Waals surface area contributed by atoms with Gasteiger partial charge in [-0.3, -0.25) is 19.8 Å². The molecule has 188 valence electrons. The number of carbonyl (C=O) groups is 2. The zero-order valence-corrected chi connectivity index (χ0v) is 20.5. The molecular formula is C25H27N5O6. The van der Waals surface area contributed by atoms with Crippen LogP contribution in [0.2, 0.25) is 0 Å². The molecule has 0 bridgehead atoms. The molecule has 1 aromatic heterocycles. The standard InChI is InChI=1S/C25H27N5O6/c1-14-19-15(13-18(35-3)20(14)36-4)26-23(27-21(19)31)29-11-9-25(10-12-29)22(32)28-24(33)30(25)16-7-5-6-8-17(16)34-2/h5-8,13H,9-12H2,1-4H3,(H,26,27,31)(H,28,32,33). The second-order valence-electron chi connectivity index (χ2n) is 8.81. The van der Waals surface area contributed by atoms with Crippen LogP contribution in [0.25, 0.3) is 10.9 Å². The lowest BCUT2D eigenvalue weighted by Gasteiger charge is -2.42. The number of nitrogens with one attached hydrogen (secondary N) is 2. The van der Waals surface area contributed by atoms with Crippen LogP contribution >= 0.6 is 0 Å². The Balaban J connectivity index is 1.49. The van der Waals surface area contributed by atoms with Crippen molar-refractivity contribution in [2.75, 3.05) is 44.2 Å². The molecule has 11 heteroatoms. The summed E-state index contributed by atoms with van der Waals surface area (Å²) in [5, 5.41) is 2.89. The topological polar surface area (TPSA) is 126 Å². The van der Waals surface area contributed by atoms with Crippen molar-refractivity contribution < 1.29 is 23.8 Å². The Morgan fingerprint density at radius 1 is 0.972 bits per heavy atom. The quantitative estimate of drug-likeness (QED) is 0.519. The molecule has 3 amide bonds. The van der Waals surface area contributed by atoms with Gasteiger partial charge >= 0.3 is 6.03 Å². The van der Waals surface area contributed by atoms with Gasteiger partial charge in [0.05, 0.1) is 37.9 Å². The van der Waals surface area contributed by atoms with Crippen LogP contribution in [0.5, 0.6) is 17.2 Å². The molecule has 1 spiro atoms. The number of piperidine rings is 1. The van der Waals surface area contributed by atoms with E-state index in [9.17, 15) is 14.4 Å². The first kappa shape index (κ1) is 23.5. The number of anilines is 2. The number of ether oxygens (including phenoxy) is 3. The van der Waals surface area contributed by atoms with E-state index in [4.69, 9.17) is 14.2 Å². The van der Waals surface area contributed by atoms with Crippen LogP contribution in [-0.4, -0.2) is 61.9 Å². The highest BCUT2D eigenvalue weighted by Gasteiger charge is 2.55. The number of rotatable bonds is 5. The molecule has 2 aromatic carbocycles. The number of para-hydroxylation sites is 2. The van der Waals surface area contributed by atoms with Crippen molar-refractivity contribution in [3.8, 4) is 17.2 Å². The molecule has 36 heavy (non-hydrogen) atoms. The van der Waals surface area contributed by atoms with E-state index in [1.807, 2.05) is 4.90 Å². The number of carbonyl (C=O) groups excluding carboxylic acids is 2. The van der Waals surface area contributed by atoms with Crippen molar-refractivity contribution >= 4 is 34.5 Å². The van der Waals surface area contributed by atoms with Crippen LogP contribution in [0.4, 0.5) is 16.4 Å². The molecule has 3 aromatic rings. The summed E-state index contributed by atoms with van der Waals surface area (Å²) in [7, 11) is 4.58. The van der Waals surface area contributed by atoms with Crippen LogP contribution in [0.1, 0.15) is 18.4 Å². The molecular weight excluding hydrogens is 466 g/mol. The number of fused-ring (bicyclic) bond motifs is 1. The summed E-state index contributed by atoms with van der Waals surface area (Å²) >= 11 is 0. The molecule has 5 rings (SSSR count). The van der Waals surface area contributed by atoms with Crippen molar-refractivity contribution in [2.24, 2.45) is 0 Å². The normalized spacial score (nSPS) is 17.0. The maximum absolute atomic E-state index is 13.1. The summed E-state index contributed by atoms with van der Waals surface area (Å²) in [5.41, 5.74) is 0.294. The van der Waals surface area contributed by atoms with Gasteiger partial charge < -0.3 is 24.1 Å². The van der Waals surface area contributed by atoms with Crippen LogP contribution in [0.3, 0.4) is 0 Å². The maximum Gasteiger partial charge on any atom is 0.329 e. The zero-order chi connectivity index (χ0) is 25.6. The Hall–Kier alpha value is -4.28. The summed E-state index contributed by atoms with van der Waals surface area (Å²) in [6, 6.07) is 8.35. The van der Waals surface area contributed by atoms with Crippen LogP contribution in [0.15, 0.2) is 35.1 Å². The summed E-state index contributed by atoms with van der Waals surface area (Å²) in [6.45, 7) is 2.58. The highest BCUT2D eigenvalue weighted by atomic mass is 16.5. The summed E-state index contributed by atoms with van der Waals surface area (Å²) in [4.78, 5) is 49.9. The highest BCUT2D eigenvalue weighted by Crippen LogP contribution is 2.41. The van der Waals surface area contributed by atoms with Gasteiger partial charge in [-0.1, -0.05) is 12.1 Å². The van der Waals surface area contributed by atoms with Gasteiger partial charge in [-0.15, -0.1) is 0 Å². The molecule has 0 aliphatic carbocycles. The molecule has 2 saturated heterocycles. The third-order valence-corrected chi connectivity index (χ3v) is 7.07. The van der Waals surface area contributed by atoms with Gasteiger partial charge in [-0.05, 0) is 31.9 Å². The predicted molar refractivity (Wildman–Crippen MR) is 133 cm³/mol. The fourth-order valence-corrected chi connectivity index (χ4v) is 5.26. The van der Waals surface area contributed by atoms with E-state index in [0.29, 0.717) is 71.3 Å². The maximum atomic E-state index is 13.1. The minimum absolute atomic E-state index is 0.342. The first-order chi connectivity index (χ1) is 17.3. The molecule has 0 unspecified atom stereocenters. The molecule has 0 radical (unpaired) electrons. The molecule has 0 atom stereocenters. The number of H-pyrrole nitrogens is 1. The van der Waals surface area contributed by atoms with Crippen molar-refractivity contribution in [1.29, 1.82) is 0 Å². The predicted octanol–water partition coefficient (Wildman–Crippen LogP) is 2.35. The van der Waals surface area contributed by atoms with E-state index < -0.39 is 11.6 Å². The van der Waals surface area contributed by atoms with E-state index in [2.05, 4.69) is 15.3 Å². The molecule has 2 aliphatic rings. The molecule has 11 nitrogen and oxygen atoms in total. The first-order valence-corrected chi connectivity index (χ1v) is 11.5. The minimum Gasteiger partial charge on any atom is -0.495 e. The molecule has 2 aliphatic heterocycles. The van der Waals surface area contributed by atoms with Gasteiger partial charge in [0.2, 0.25) is 5.95 Å². The highest BCUT2D eigenvalue weighted by molar-refractivity contribution is 6.17. The second-order valence-corrected chi connectivity index (χ2v) is 8.81. The molecule has 0 saturated carbocycles. The van der Waals surface area contributed by atoms with Crippen LogP contribution in [0, 0.1) is 6.92 Å². The van der Waals surface area contributed by atoms with E-state index in [-0.39, 0.29) is 11.5 Å². The number of aromatic amines is 1. The van der Waals surface area contributed by atoms with E-state index >= 15 is 0 Å². The van der Waals surface area contributed by atoms with Crippen molar-refractivity contribution in [3.05, 3.63) is 46.2 Å². The van der Waals surface area contributed by atoms with E-state index in [1.54, 1.807) is 37.3 Å². The second kappa shape index (κ2) is 8.74. The lowest BCUT2D eigenvalue weighted by atomic mass is 9.85. The number of hydrogen-bond acceptors (Lipinski definition) is 8. The fraction of sp³-hybridized carbons (Fsp3) is 0.360. The molecule has 2 N–H and O–H groups in total. The number of methoxy groups -OCH3 is 3. The Bertz CT molecular complexity index is 1430. The smallest absolute Gasteiger partial charge is 0.329 e. The van der Waals surface area contributed by atoms with Gasteiger partial charge in [0.25, 0.3) is 11.5 Å². The van der Waals surface area contributed by atoms with Gasteiger partial charge in [-0.2, -0.15) is 4.98 Å². The summed E-state index contributed by atoms with van der Waals surface area (Å²) < 4.78 is 16.3. The first-order valence-electron chi connectivity index (χ1n) is 11.5. The number of benzene rings is 2. The monoisotopic (exact) mass is 493 g/mol. The average Bonchev–Trinajstić information content (AvgIpc) is 3.11. The van der Waals surface area contributed by atoms with E-state index in [1.165, 1.54) is 26.2 Å². The number of urea groups is 1. The third kappa shape index (κ3) is 3.42. The lowest BCUT2D eigenvalue weighted by Crippen LogP contribution is -2.57. The lowest BCUT2D eigenvalue weighted by molar-refractivity contribution is -0.124. The minimum atomic E-state index is -1.06. The van der Waals surface area contributed by atoms with Gasteiger partial charge in [0.15, 0.2) is 11.5 Å². The van der Waals surface area contributed by atoms with Gasteiger partial charge in [-0.25, -0.2) is 4.79 Å². The van der Waals surface area contributed by atoms with Crippen molar-refractivity contribution in [1.82, 2.24) is 15.3 Å². The number of nitrogens with zero attached hydrogens (tertiary/aromatic N) is 3. The zero-order valence-electron chi connectivity index (χ0n) is 20.5. The Morgan fingerprint density at radius 3 is 2.33 bits per heavy atom. The van der Waals surface area contributed by atoms with Crippen LogP contribution < -0.4 is 34.9 Å². The third-order valence-electron chi connectivity index (χ3n) is 7.07. The number of amides is 3. The van der Waals surface area contributed by atoms with Gasteiger partial charge in [0, 0.05) is 24.7 Å².